The lowest BCUT2D eigenvalue weighted by Crippen LogP contribution is -2.31. The van der Waals surface area contributed by atoms with Gasteiger partial charge in [0.2, 0.25) is 0 Å². The van der Waals surface area contributed by atoms with Crippen molar-refractivity contribution in [1.82, 2.24) is 4.90 Å². The van der Waals surface area contributed by atoms with Gasteiger partial charge in [-0.2, -0.15) is 0 Å². The number of hydrogen-bond donors (Lipinski definition) is 3. The molecular weight excluding hydrogens is 435 g/mol. The third-order valence-corrected chi connectivity index (χ3v) is 6.51. The molecule has 3 atom stereocenters. The quantitative estimate of drug-likeness (QED) is 0.442. The SMILES string of the molecule is CN1C(=O)N(c2ccccc2)[C@H](c2ccc(CO)cc2O)[C@H]1CCC[C@@H](O)c1ccc(F)cc1. The second-order valence-electron chi connectivity index (χ2n) is 8.66. The van der Waals surface area contributed by atoms with Crippen LogP contribution in [0.5, 0.6) is 5.75 Å². The minimum atomic E-state index is -0.732. The van der Waals surface area contributed by atoms with Crippen molar-refractivity contribution in [1.29, 1.82) is 0 Å². The fourth-order valence-corrected chi connectivity index (χ4v) is 4.68. The first-order valence-corrected chi connectivity index (χ1v) is 11.4. The number of likely N-dealkylation sites (N-methyl/N-ethyl adjacent to an activating group) is 1. The van der Waals surface area contributed by atoms with Crippen LogP contribution in [0.2, 0.25) is 0 Å². The van der Waals surface area contributed by atoms with Gasteiger partial charge < -0.3 is 20.2 Å². The first-order valence-electron chi connectivity index (χ1n) is 11.4. The predicted octanol–water partition coefficient (Wildman–Crippen LogP) is 4.91. The molecule has 0 bridgehead atoms. The summed E-state index contributed by atoms with van der Waals surface area (Å²) in [5.74, 6) is -0.324. The molecule has 0 spiro atoms. The summed E-state index contributed by atoms with van der Waals surface area (Å²) in [6.07, 6.45) is 0.937. The fourth-order valence-electron chi connectivity index (χ4n) is 4.68. The number of aliphatic hydroxyl groups excluding tert-OH is 2. The van der Waals surface area contributed by atoms with Crippen molar-refractivity contribution >= 4 is 11.7 Å². The monoisotopic (exact) mass is 464 g/mol. The first-order chi connectivity index (χ1) is 16.4. The number of carbonyl (C=O) groups is 1. The largest absolute Gasteiger partial charge is 0.508 e. The van der Waals surface area contributed by atoms with Crippen LogP contribution in [0, 0.1) is 5.82 Å². The molecule has 4 rings (SSSR count). The molecule has 1 aliphatic rings. The van der Waals surface area contributed by atoms with Gasteiger partial charge in [0.1, 0.15) is 11.6 Å². The number of rotatable bonds is 8. The number of amides is 2. The van der Waals surface area contributed by atoms with E-state index in [9.17, 15) is 24.5 Å². The molecule has 1 saturated heterocycles. The van der Waals surface area contributed by atoms with E-state index in [-0.39, 0.29) is 30.2 Å². The van der Waals surface area contributed by atoms with Crippen molar-refractivity contribution < 1.29 is 24.5 Å². The number of nitrogens with zero attached hydrogens (tertiary/aromatic N) is 2. The van der Waals surface area contributed by atoms with Gasteiger partial charge in [-0.25, -0.2) is 9.18 Å². The van der Waals surface area contributed by atoms with Crippen LogP contribution in [0.15, 0.2) is 72.8 Å². The minimum Gasteiger partial charge on any atom is -0.508 e. The summed E-state index contributed by atoms with van der Waals surface area (Å²) in [7, 11) is 1.75. The molecule has 0 radical (unpaired) electrons. The number of carbonyl (C=O) groups excluding carboxylic acids is 1. The summed E-state index contributed by atoms with van der Waals surface area (Å²) < 4.78 is 13.2. The fraction of sp³-hybridized carbons (Fsp3) is 0.296. The van der Waals surface area contributed by atoms with Crippen LogP contribution in [0.25, 0.3) is 0 Å². The number of aromatic hydroxyl groups is 1. The Morgan fingerprint density at radius 3 is 2.38 bits per heavy atom. The normalized spacial score (nSPS) is 19.0. The Kier molecular flexibility index (Phi) is 7.14. The number of urea groups is 1. The second-order valence-corrected chi connectivity index (χ2v) is 8.66. The van der Waals surface area contributed by atoms with Gasteiger partial charge in [0.25, 0.3) is 0 Å². The van der Waals surface area contributed by atoms with E-state index in [2.05, 4.69) is 0 Å². The second kappa shape index (κ2) is 10.2. The smallest absolute Gasteiger partial charge is 0.325 e. The highest BCUT2D eigenvalue weighted by atomic mass is 19.1. The van der Waals surface area contributed by atoms with E-state index in [1.807, 2.05) is 30.3 Å². The number of anilines is 1. The average molecular weight is 465 g/mol. The maximum Gasteiger partial charge on any atom is 0.325 e. The molecule has 3 aromatic carbocycles. The van der Waals surface area contributed by atoms with Crippen molar-refractivity contribution in [2.75, 3.05) is 11.9 Å². The van der Waals surface area contributed by atoms with Crippen LogP contribution in [0.1, 0.15) is 48.1 Å². The van der Waals surface area contributed by atoms with Crippen LogP contribution in [-0.4, -0.2) is 39.3 Å². The van der Waals surface area contributed by atoms with Crippen molar-refractivity contribution in [2.45, 2.75) is 44.1 Å². The molecule has 34 heavy (non-hydrogen) atoms. The Labute approximate surface area is 198 Å². The third kappa shape index (κ3) is 4.76. The van der Waals surface area contributed by atoms with Crippen LogP contribution in [-0.2, 0) is 6.61 Å². The first kappa shape index (κ1) is 23.7. The van der Waals surface area contributed by atoms with E-state index >= 15 is 0 Å². The maximum absolute atomic E-state index is 13.3. The van der Waals surface area contributed by atoms with E-state index in [1.165, 1.54) is 18.2 Å². The van der Waals surface area contributed by atoms with Crippen LogP contribution >= 0.6 is 0 Å². The summed E-state index contributed by atoms with van der Waals surface area (Å²) >= 11 is 0. The topological polar surface area (TPSA) is 84.2 Å². The molecule has 1 heterocycles. The molecule has 0 saturated carbocycles. The van der Waals surface area contributed by atoms with Gasteiger partial charge in [0.05, 0.1) is 24.8 Å². The lowest BCUT2D eigenvalue weighted by atomic mass is 9.92. The number of aliphatic hydroxyl groups is 2. The van der Waals surface area contributed by atoms with E-state index in [1.54, 1.807) is 41.1 Å². The number of benzene rings is 3. The zero-order valence-electron chi connectivity index (χ0n) is 19.0. The molecular formula is C27H29FN2O4. The molecule has 6 nitrogen and oxygen atoms in total. The summed E-state index contributed by atoms with van der Waals surface area (Å²) in [5, 5.41) is 30.8. The van der Waals surface area contributed by atoms with Crippen LogP contribution in [0.4, 0.5) is 14.9 Å². The van der Waals surface area contributed by atoms with Crippen molar-refractivity contribution in [3.8, 4) is 5.75 Å². The number of halogens is 1. The van der Waals surface area contributed by atoms with Crippen molar-refractivity contribution in [2.24, 2.45) is 0 Å². The standard InChI is InChI=1S/C27H29FN2O4/c1-29-23(8-5-9-24(32)19-11-13-20(28)14-12-19)26(22-15-10-18(17-31)16-25(22)33)30(27(29)34)21-6-3-2-4-7-21/h2-4,6-7,10-16,23-24,26,31-33H,5,8-9,17H2,1H3/t23-,24-,26-/m1/s1. The lowest BCUT2D eigenvalue weighted by Gasteiger charge is -2.28. The predicted molar refractivity (Wildman–Crippen MR) is 128 cm³/mol. The van der Waals surface area contributed by atoms with Gasteiger partial charge in [-0.1, -0.05) is 42.5 Å². The number of phenols is 1. The molecule has 3 N–H and O–H groups in total. The minimum absolute atomic E-state index is 0.0249. The molecule has 2 amide bonds. The van der Waals surface area contributed by atoms with Gasteiger partial charge in [-0.3, -0.25) is 4.90 Å². The number of phenolic OH excluding ortho intramolecular Hbond substituents is 1. The molecule has 7 heteroatoms. The Hall–Kier alpha value is -3.42. The van der Waals surface area contributed by atoms with Crippen molar-refractivity contribution in [3.63, 3.8) is 0 Å². The van der Waals surface area contributed by atoms with Gasteiger partial charge in [0.15, 0.2) is 0 Å². The van der Waals surface area contributed by atoms with Gasteiger partial charge in [0, 0.05) is 18.3 Å². The molecule has 0 aromatic heterocycles. The van der Waals surface area contributed by atoms with Crippen LogP contribution < -0.4 is 4.90 Å². The molecule has 178 valence electrons. The Bertz CT molecular complexity index is 1120. The van der Waals surface area contributed by atoms with Gasteiger partial charge >= 0.3 is 6.03 Å². The van der Waals surface area contributed by atoms with Crippen LogP contribution in [0.3, 0.4) is 0 Å². The molecule has 3 aromatic rings. The van der Waals surface area contributed by atoms with E-state index in [0.717, 1.165) is 5.69 Å². The van der Waals surface area contributed by atoms with E-state index in [4.69, 9.17) is 0 Å². The summed E-state index contributed by atoms with van der Waals surface area (Å²) in [5.41, 5.74) is 2.56. The molecule has 0 unspecified atom stereocenters. The summed E-state index contributed by atoms with van der Waals surface area (Å²) in [6.45, 7) is -0.190. The number of hydrogen-bond acceptors (Lipinski definition) is 4. The zero-order valence-corrected chi connectivity index (χ0v) is 19.0. The Morgan fingerprint density at radius 1 is 1.03 bits per heavy atom. The third-order valence-electron chi connectivity index (χ3n) is 6.51. The molecule has 0 aliphatic carbocycles. The Balaban J connectivity index is 1.60. The van der Waals surface area contributed by atoms with Gasteiger partial charge in [-0.15, -0.1) is 0 Å². The Morgan fingerprint density at radius 2 is 1.74 bits per heavy atom. The van der Waals surface area contributed by atoms with E-state index in [0.29, 0.717) is 36.0 Å². The van der Waals surface area contributed by atoms with Crippen molar-refractivity contribution in [3.05, 3.63) is 95.3 Å². The highest BCUT2D eigenvalue weighted by Gasteiger charge is 2.46. The molecule has 1 aliphatic heterocycles. The maximum atomic E-state index is 13.3. The highest BCUT2D eigenvalue weighted by molar-refractivity contribution is 5.95. The number of para-hydroxylation sites is 1. The summed E-state index contributed by atoms with van der Waals surface area (Å²) in [4.78, 5) is 16.7. The zero-order chi connectivity index (χ0) is 24.2. The van der Waals surface area contributed by atoms with E-state index < -0.39 is 12.1 Å². The lowest BCUT2D eigenvalue weighted by molar-refractivity contribution is 0.158. The highest BCUT2D eigenvalue weighted by Crippen LogP contribution is 2.43. The molecule has 1 fully saturated rings. The average Bonchev–Trinajstić information content (AvgIpc) is 3.09. The van der Waals surface area contributed by atoms with Gasteiger partial charge in [-0.05, 0) is 60.7 Å². The summed E-state index contributed by atoms with van der Waals surface area (Å²) in [6, 6.07) is 19.3.